The summed E-state index contributed by atoms with van der Waals surface area (Å²) in [6.45, 7) is 6.84. The fourth-order valence-corrected chi connectivity index (χ4v) is 4.88. The molecule has 146 valence electrons. The maximum atomic E-state index is 13.0. The van der Waals surface area contributed by atoms with E-state index < -0.39 is 0 Å². The molecule has 1 amide bonds. The van der Waals surface area contributed by atoms with E-state index in [1.54, 1.807) is 43.8 Å². The quantitative estimate of drug-likeness (QED) is 0.793. The minimum absolute atomic E-state index is 0.178. The molecule has 0 spiro atoms. The minimum Gasteiger partial charge on any atom is -0.497 e. The third kappa shape index (κ3) is 3.90. The van der Waals surface area contributed by atoms with Gasteiger partial charge in [-0.15, -0.1) is 11.3 Å². The normalized spacial score (nSPS) is 16.6. The van der Waals surface area contributed by atoms with Gasteiger partial charge in [-0.2, -0.15) is 0 Å². The van der Waals surface area contributed by atoms with Gasteiger partial charge in [0, 0.05) is 10.9 Å². The lowest BCUT2D eigenvalue weighted by atomic mass is 9.72. The third-order valence-electron chi connectivity index (χ3n) is 5.40. The van der Waals surface area contributed by atoms with Gasteiger partial charge in [-0.3, -0.25) is 4.79 Å². The Morgan fingerprint density at radius 3 is 2.63 bits per heavy atom. The largest absolute Gasteiger partial charge is 0.497 e. The highest BCUT2D eigenvalue weighted by atomic mass is 32.1. The van der Waals surface area contributed by atoms with Crippen LogP contribution in [0.5, 0.6) is 11.5 Å². The summed E-state index contributed by atoms with van der Waals surface area (Å²) in [5, 5.41) is 3.55. The summed E-state index contributed by atoms with van der Waals surface area (Å²) in [5.74, 6) is 1.66. The fraction of sp³-hybridized carbons (Fsp3) is 0.476. The van der Waals surface area contributed by atoms with E-state index in [0.29, 0.717) is 33.7 Å². The lowest BCUT2D eigenvalue weighted by Gasteiger charge is -2.33. The van der Waals surface area contributed by atoms with E-state index in [4.69, 9.17) is 15.2 Å². The summed E-state index contributed by atoms with van der Waals surface area (Å²) in [7, 11) is 3.16. The molecule has 0 radical (unpaired) electrons. The van der Waals surface area contributed by atoms with Crippen LogP contribution in [0.25, 0.3) is 0 Å². The molecule has 0 saturated heterocycles. The zero-order valence-electron chi connectivity index (χ0n) is 16.6. The van der Waals surface area contributed by atoms with Gasteiger partial charge in [0.15, 0.2) is 0 Å². The Labute approximate surface area is 164 Å². The van der Waals surface area contributed by atoms with Gasteiger partial charge in [0.25, 0.3) is 5.91 Å². The van der Waals surface area contributed by atoms with Gasteiger partial charge in [-0.1, -0.05) is 20.8 Å². The number of thiophene rings is 1. The number of hydrogen-bond acceptors (Lipinski definition) is 5. The molecule has 3 rings (SSSR count). The van der Waals surface area contributed by atoms with Gasteiger partial charge < -0.3 is 20.5 Å². The van der Waals surface area contributed by atoms with E-state index in [2.05, 4.69) is 26.1 Å². The van der Waals surface area contributed by atoms with Crippen LogP contribution < -0.4 is 20.5 Å². The van der Waals surface area contributed by atoms with Crippen LogP contribution in [-0.4, -0.2) is 20.1 Å². The van der Waals surface area contributed by atoms with Crippen LogP contribution in [0.3, 0.4) is 0 Å². The molecule has 2 aromatic rings. The molecule has 1 aromatic heterocycles. The van der Waals surface area contributed by atoms with E-state index >= 15 is 0 Å². The van der Waals surface area contributed by atoms with Crippen LogP contribution in [0.15, 0.2) is 18.2 Å². The summed E-state index contributed by atoms with van der Waals surface area (Å²) in [6.07, 6.45) is 2.97. The summed E-state index contributed by atoms with van der Waals surface area (Å²) < 4.78 is 10.6. The third-order valence-corrected chi connectivity index (χ3v) is 6.48. The predicted molar refractivity (Wildman–Crippen MR) is 111 cm³/mol. The van der Waals surface area contributed by atoms with Crippen molar-refractivity contribution in [1.29, 1.82) is 0 Å². The number of nitrogen functional groups attached to an aromatic ring is 1. The first kappa shape index (κ1) is 19.5. The van der Waals surface area contributed by atoms with E-state index in [-0.39, 0.29) is 11.3 Å². The number of anilines is 2. The molecule has 1 atom stereocenters. The number of rotatable bonds is 4. The molecular formula is C21H28N2O3S. The van der Waals surface area contributed by atoms with Crippen LogP contribution in [0.1, 0.15) is 48.0 Å². The smallest absolute Gasteiger partial charge is 0.259 e. The monoisotopic (exact) mass is 388 g/mol. The van der Waals surface area contributed by atoms with Gasteiger partial charge in [0.1, 0.15) is 11.5 Å². The number of carbonyl (C=O) groups excluding carboxylic acids is 1. The van der Waals surface area contributed by atoms with Crippen LogP contribution >= 0.6 is 11.3 Å². The maximum absolute atomic E-state index is 13.0. The number of fused-ring (bicyclic) bond motifs is 1. The average Bonchev–Trinajstić information content (AvgIpc) is 2.96. The zero-order valence-corrected chi connectivity index (χ0v) is 17.5. The highest BCUT2D eigenvalue weighted by Gasteiger charge is 2.33. The first-order valence-electron chi connectivity index (χ1n) is 9.18. The minimum atomic E-state index is -0.178. The number of amides is 1. The molecule has 3 N–H and O–H groups in total. The van der Waals surface area contributed by atoms with Gasteiger partial charge >= 0.3 is 0 Å². The number of benzene rings is 1. The summed E-state index contributed by atoms with van der Waals surface area (Å²) in [4.78, 5) is 14.3. The molecule has 1 aromatic carbocycles. The van der Waals surface area contributed by atoms with Crippen molar-refractivity contribution in [2.24, 2.45) is 11.3 Å². The van der Waals surface area contributed by atoms with Crippen molar-refractivity contribution in [1.82, 2.24) is 0 Å². The van der Waals surface area contributed by atoms with E-state index in [9.17, 15) is 4.79 Å². The second-order valence-electron chi connectivity index (χ2n) is 8.07. The fourth-order valence-electron chi connectivity index (χ4n) is 3.68. The number of methoxy groups -OCH3 is 2. The highest BCUT2D eigenvalue weighted by molar-refractivity contribution is 7.16. The number of hydrogen-bond donors (Lipinski definition) is 2. The molecule has 1 aliphatic carbocycles. The lowest BCUT2D eigenvalue weighted by Crippen LogP contribution is -2.27. The molecule has 0 bridgehead atoms. The Morgan fingerprint density at radius 2 is 2.00 bits per heavy atom. The average molecular weight is 389 g/mol. The lowest BCUT2D eigenvalue weighted by molar-refractivity contribution is 0.102. The van der Waals surface area contributed by atoms with E-state index in [1.165, 1.54) is 4.88 Å². The van der Waals surface area contributed by atoms with Crippen LogP contribution in [0.2, 0.25) is 0 Å². The standard InChI is InChI=1S/C21H28N2O3S/c1-21(2,3)12-6-8-14-17(10-12)27-19(22)18(14)20(24)23-15-9-7-13(25-4)11-16(15)26-5/h7,9,11-12H,6,8,10,22H2,1-5H3,(H,23,24)/t12-/m0/s1. The first-order chi connectivity index (χ1) is 12.7. The number of nitrogens with one attached hydrogen (secondary N) is 1. The highest BCUT2D eigenvalue weighted by Crippen LogP contribution is 2.43. The molecular weight excluding hydrogens is 360 g/mol. The second kappa shape index (κ2) is 7.43. The van der Waals surface area contributed by atoms with Crippen LogP contribution in [0, 0.1) is 11.3 Å². The predicted octanol–water partition coefficient (Wildman–Crippen LogP) is 4.75. The number of nitrogens with two attached hydrogens (primary N) is 1. The van der Waals surface area contributed by atoms with Gasteiger partial charge in [-0.05, 0) is 48.3 Å². The first-order valence-corrected chi connectivity index (χ1v) is 9.99. The van der Waals surface area contributed by atoms with Gasteiger partial charge in [0.05, 0.1) is 30.5 Å². The molecule has 0 aliphatic heterocycles. The van der Waals surface area contributed by atoms with E-state index in [1.807, 2.05) is 0 Å². The SMILES string of the molecule is COc1ccc(NC(=O)c2c(N)sc3c2CC[C@H](C(C)(C)C)C3)c(OC)c1. The summed E-state index contributed by atoms with van der Waals surface area (Å²) >= 11 is 1.56. The zero-order chi connectivity index (χ0) is 19.8. The summed E-state index contributed by atoms with van der Waals surface area (Å²) in [5.41, 5.74) is 8.85. The Bertz CT molecular complexity index is 852. The van der Waals surface area contributed by atoms with Crippen LogP contribution in [-0.2, 0) is 12.8 Å². The molecule has 0 fully saturated rings. The van der Waals surface area contributed by atoms with Crippen molar-refractivity contribution >= 4 is 27.9 Å². The van der Waals surface area contributed by atoms with Crippen molar-refractivity contribution < 1.29 is 14.3 Å². The topological polar surface area (TPSA) is 73.6 Å². The van der Waals surface area contributed by atoms with Gasteiger partial charge in [0.2, 0.25) is 0 Å². The Balaban J connectivity index is 1.86. The Hall–Kier alpha value is -2.21. The molecule has 0 unspecified atom stereocenters. The van der Waals surface area contributed by atoms with Crippen molar-refractivity contribution in [3.8, 4) is 11.5 Å². The second-order valence-corrected chi connectivity index (χ2v) is 9.21. The van der Waals surface area contributed by atoms with Crippen molar-refractivity contribution in [2.45, 2.75) is 40.0 Å². The molecule has 0 saturated carbocycles. The number of ether oxygens (including phenoxy) is 2. The molecule has 5 nitrogen and oxygen atoms in total. The van der Waals surface area contributed by atoms with Crippen molar-refractivity contribution in [3.05, 3.63) is 34.2 Å². The molecule has 27 heavy (non-hydrogen) atoms. The molecule has 1 heterocycles. The van der Waals surface area contributed by atoms with Crippen molar-refractivity contribution in [3.63, 3.8) is 0 Å². The van der Waals surface area contributed by atoms with Gasteiger partial charge in [-0.25, -0.2) is 0 Å². The maximum Gasteiger partial charge on any atom is 0.259 e. The van der Waals surface area contributed by atoms with E-state index in [0.717, 1.165) is 24.8 Å². The Morgan fingerprint density at radius 1 is 1.26 bits per heavy atom. The molecule has 1 aliphatic rings. The van der Waals surface area contributed by atoms with Crippen molar-refractivity contribution in [2.75, 3.05) is 25.3 Å². The Kier molecular flexibility index (Phi) is 5.38. The number of carbonyl (C=O) groups is 1. The van der Waals surface area contributed by atoms with Crippen LogP contribution in [0.4, 0.5) is 10.7 Å². The molecule has 6 heteroatoms. The summed E-state index contributed by atoms with van der Waals surface area (Å²) in [6, 6.07) is 5.31.